The van der Waals surface area contributed by atoms with Gasteiger partial charge in [-0.25, -0.2) is 0 Å². The van der Waals surface area contributed by atoms with Gasteiger partial charge in [-0.1, -0.05) is 42.5 Å². The predicted molar refractivity (Wildman–Crippen MR) is 94.0 cm³/mol. The Hall–Kier alpha value is -2.86. The van der Waals surface area contributed by atoms with Crippen LogP contribution in [-0.4, -0.2) is 32.1 Å². The SMILES string of the molecule is COc1cccc(C[C@@H](NC(=O)[C@@H](OC)c2ccccc2)C(N)=O)c1. The Balaban J connectivity index is 2.12. The molecule has 2 aromatic rings. The van der Waals surface area contributed by atoms with E-state index in [1.165, 1.54) is 7.11 Å². The summed E-state index contributed by atoms with van der Waals surface area (Å²) in [5.41, 5.74) is 6.99. The van der Waals surface area contributed by atoms with Crippen molar-refractivity contribution < 1.29 is 19.1 Å². The number of ether oxygens (including phenoxy) is 2. The number of carbonyl (C=O) groups excluding carboxylic acids is 2. The molecule has 3 N–H and O–H groups in total. The molecule has 0 saturated carbocycles. The fourth-order valence-corrected chi connectivity index (χ4v) is 2.53. The maximum absolute atomic E-state index is 12.5. The van der Waals surface area contributed by atoms with E-state index in [0.717, 1.165) is 5.56 Å². The lowest BCUT2D eigenvalue weighted by Crippen LogP contribution is -2.47. The van der Waals surface area contributed by atoms with Gasteiger partial charge in [-0.2, -0.15) is 0 Å². The number of amides is 2. The number of primary amides is 1. The highest BCUT2D eigenvalue weighted by atomic mass is 16.5. The molecule has 6 nitrogen and oxygen atoms in total. The van der Waals surface area contributed by atoms with Gasteiger partial charge in [0.05, 0.1) is 7.11 Å². The summed E-state index contributed by atoms with van der Waals surface area (Å²) in [5.74, 6) is -0.356. The Morgan fingerprint density at radius 1 is 1.08 bits per heavy atom. The van der Waals surface area contributed by atoms with Gasteiger partial charge in [0.15, 0.2) is 6.10 Å². The molecule has 6 heteroatoms. The molecule has 0 aliphatic heterocycles. The average Bonchev–Trinajstić information content (AvgIpc) is 2.62. The molecule has 0 saturated heterocycles. The molecular formula is C19H22N2O4. The second kappa shape index (κ2) is 8.84. The summed E-state index contributed by atoms with van der Waals surface area (Å²) in [6.45, 7) is 0. The molecule has 2 atom stereocenters. The lowest BCUT2D eigenvalue weighted by molar-refractivity contribution is -0.134. The van der Waals surface area contributed by atoms with Gasteiger partial charge in [-0.15, -0.1) is 0 Å². The van der Waals surface area contributed by atoms with Gasteiger partial charge in [0, 0.05) is 13.5 Å². The summed E-state index contributed by atoms with van der Waals surface area (Å²) in [6.07, 6.45) is -0.544. The molecule has 0 bridgehead atoms. The summed E-state index contributed by atoms with van der Waals surface area (Å²) >= 11 is 0. The predicted octanol–water partition coefficient (Wildman–Crippen LogP) is 1.60. The first-order chi connectivity index (χ1) is 12.0. The highest BCUT2D eigenvalue weighted by Gasteiger charge is 2.25. The van der Waals surface area contributed by atoms with Gasteiger partial charge in [0.2, 0.25) is 5.91 Å². The summed E-state index contributed by atoms with van der Waals surface area (Å²) in [6, 6.07) is 15.5. The number of benzene rings is 2. The van der Waals surface area contributed by atoms with Gasteiger partial charge in [-0.05, 0) is 23.3 Å². The van der Waals surface area contributed by atoms with Gasteiger partial charge in [0.1, 0.15) is 11.8 Å². The minimum atomic E-state index is -0.846. The number of carbonyl (C=O) groups is 2. The first-order valence-electron chi connectivity index (χ1n) is 7.85. The number of hydrogen-bond donors (Lipinski definition) is 2. The first kappa shape index (κ1) is 18.5. The number of hydrogen-bond acceptors (Lipinski definition) is 4. The van der Waals surface area contributed by atoms with Crippen molar-refractivity contribution >= 4 is 11.8 Å². The molecule has 0 aliphatic carbocycles. The van der Waals surface area contributed by atoms with Crippen molar-refractivity contribution in [3.63, 3.8) is 0 Å². The molecule has 0 spiro atoms. The van der Waals surface area contributed by atoms with Crippen molar-refractivity contribution in [2.24, 2.45) is 5.73 Å². The maximum Gasteiger partial charge on any atom is 0.254 e. The van der Waals surface area contributed by atoms with Crippen LogP contribution in [0.4, 0.5) is 0 Å². The van der Waals surface area contributed by atoms with E-state index in [9.17, 15) is 9.59 Å². The molecule has 2 aromatic carbocycles. The summed E-state index contributed by atoms with van der Waals surface area (Å²) in [4.78, 5) is 24.3. The minimum Gasteiger partial charge on any atom is -0.497 e. The van der Waals surface area contributed by atoms with Crippen LogP contribution in [0, 0.1) is 0 Å². The van der Waals surface area contributed by atoms with Crippen molar-refractivity contribution in [3.05, 3.63) is 65.7 Å². The van der Waals surface area contributed by atoms with Gasteiger partial charge < -0.3 is 20.5 Å². The van der Waals surface area contributed by atoms with E-state index in [-0.39, 0.29) is 6.42 Å². The van der Waals surface area contributed by atoms with Gasteiger partial charge in [-0.3, -0.25) is 9.59 Å². The van der Waals surface area contributed by atoms with E-state index < -0.39 is 24.0 Å². The smallest absolute Gasteiger partial charge is 0.254 e. The third-order valence-electron chi connectivity index (χ3n) is 3.81. The van der Waals surface area contributed by atoms with Crippen molar-refractivity contribution in [1.82, 2.24) is 5.32 Å². The summed E-state index contributed by atoms with van der Waals surface area (Å²) in [5, 5.41) is 2.67. The van der Waals surface area contributed by atoms with E-state index in [0.29, 0.717) is 11.3 Å². The molecular weight excluding hydrogens is 320 g/mol. The molecule has 0 aromatic heterocycles. The Morgan fingerprint density at radius 2 is 1.80 bits per heavy atom. The average molecular weight is 342 g/mol. The first-order valence-corrected chi connectivity index (χ1v) is 7.85. The van der Waals surface area contributed by atoms with E-state index in [1.807, 2.05) is 30.3 Å². The molecule has 0 aliphatic rings. The number of rotatable bonds is 8. The highest BCUT2D eigenvalue weighted by molar-refractivity contribution is 5.89. The quantitative estimate of drug-likeness (QED) is 0.762. The normalized spacial score (nSPS) is 12.9. The molecule has 0 heterocycles. The Bertz CT molecular complexity index is 718. The van der Waals surface area contributed by atoms with Crippen LogP contribution in [-0.2, 0) is 20.7 Å². The second-order valence-electron chi connectivity index (χ2n) is 5.55. The number of nitrogens with two attached hydrogens (primary N) is 1. The zero-order valence-corrected chi connectivity index (χ0v) is 14.3. The second-order valence-corrected chi connectivity index (χ2v) is 5.55. The van der Waals surface area contributed by atoms with Crippen molar-refractivity contribution in [3.8, 4) is 5.75 Å². The van der Waals surface area contributed by atoms with Crippen LogP contribution in [0.3, 0.4) is 0 Å². The standard InChI is InChI=1S/C19H22N2O4/c1-24-15-10-6-7-13(11-15)12-16(18(20)22)21-19(23)17(25-2)14-8-4-3-5-9-14/h3-11,16-17H,12H2,1-2H3,(H2,20,22)(H,21,23)/t16-,17+/m1/s1. The van der Waals surface area contributed by atoms with Crippen molar-refractivity contribution in [1.29, 1.82) is 0 Å². The molecule has 25 heavy (non-hydrogen) atoms. The minimum absolute atomic E-state index is 0.267. The number of methoxy groups -OCH3 is 2. The van der Waals surface area contributed by atoms with Crippen LogP contribution in [0.15, 0.2) is 54.6 Å². The molecule has 0 unspecified atom stereocenters. The van der Waals surface area contributed by atoms with Crippen LogP contribution < -0.4 is 15.8 Å². The largest absolute Gasteiger partial charge is 0.497 e. The molecule has 0 radical (unpaired) electrons. The highest BCUT2D eigenvalue weighted by Crippen LogP contribution is 2.18. The zero-order valence-electron chi connectivity index (χ0n) is 14.3. The third kappa shape index (κ3) is 5.06. The van der Waals surface area contributed by atoms with E-state index in [4.69, 9.17) is 15.2 Å². The van der Waals surface area contributed by atoms with E-state index in [1.54, 1.807) is 31.4 Å². The lowest BCUT2D eigenvalue weighted by Gasteiger charge is -2.20. The fraction of sp³-hybridized carbons (Fsp3) is 0.263. The molecule has 2 amide bonds. The molecule has 2 rings (SSSR count). The molecule has 132 valence electrons. The van der Waals surface area contributed by atoms with Crippen molar-refractivity contribution in [2.45, 2.75) is 18.6 Å². The van der Waals surface area contributed by atoms with E-state index in [2.05, 4.69) is 5.32 Å². The topological polar surface area (TPSA) is 90.7 Å². The van der Waals surface area contributed by atoms with Crippen molar-refractivity contribution in [2.75, 3.05) is 14.2 Å². The van der Waals surface area contributed by atoms with Crippen LogP contribution in [0.25, 0.3) is 0 Å². The summed E-state index contributed by atoms with van der Waals surface area (Å²) in [7, 11) is 3.01. The number of nitrogens with one attached hydrogen (secondary N) is 1. The Labute approximate surface area is 146 Å². The van der Waals surface area contributed by atoms with Crippen LogP contribution in [0.5, 0.6) is 5.75 Å². The van der Waals surface area contributed by atoms with Crippen LogP contribution >= 0.6 is 0 Å². The maximum atomic E-state index is 12.5. The Morgan fingerprint density at radius 3 is 2.40 bits per heavy atom. The third-order valence-corrected chi connectivity index (χ3v) is 3.81. The van der Waals surface area contributed by atoms with E-state index >= 15 is 0 Å². The summed E-state index contributed by atoms with van der Waals surface area (Å²) < 4.78 is 10.4. The fourth-order valence-electron chi connectivity index (χ4n) is 2.53. The zero-order chi connectivity index (χ0) is 18.2. The van der Waals surface area contributed by atoms with Crippen LogP contribution in [0.2, 0.25) is 0 Å². The van der Waals surface area contributed by atoms with Gasteiger partial charge in [0.25, 0.3) is 5.91 Å². The molecule has 0 fully saturated rings. The lowest BCUT2D eigenvalue weighted by atomic mass is 10.0. The monoisotopic (exact) mass is 342 g/mol. The van der Waals surface area contributed by atoms with Crippen LogP contribution in [0.1, 0.15) is 17.2 Å². The Kier molecular flexibility index (Phi) is 6.54. The van der Waals surface area contributed by atoms with Gasteiger partial charge >= 0.3 is 0 Å².